The van der Waals surface area contributed by atoms with Crippen LogP contribution in [0.15, 0.2) is 48.7 Å². The first kappa shape index (κ1) is 24.5. The average molecular weight is 467 g/mol. The number of aliphatic carboxylic acids is 1. The fourth-order valence-electron chi connectivity index (χ4n) is 3.69. The van der Waals surface area contributed by atoms with E-state index in [0.717, 1.165) is 5.56 Å². The first-order valence-electron chi connectivity index (χ1n) is 10.1. The van der Waals surface area contributed by atoms with Gasteiger partial charge in [0.25, 0.3) is 0 Å². The summed E-state index contributed by atoms with van der Waals surface area (Å²) in [6, 6.07) is 12.7. The number of carboxylic acid groups (broad SMARTS) is 1. The molecule has 0 spiro atoms. The minimum absolute atomic E-state index is 0.0374. The van der Waals surface area contributed by atoms with Gasteiger partial charge in [-0.05, 0) is 29.8 Å². The molecular formula is C22H27ClN2O7. The Hall–Kier alpha value is -2.11. The van der Waals surface area contributed by atoms with Crippen LogP contribution < -0.4 is 5.11 Å². The number of ether oxygens (including phenoxy) is 2. The first-order valence-corrected chi connectivity index (χ1v) is 10.5. The van der Waals surface area contributed by atoms with Gasteiger partial charge < -0.3 is 34.7 Å². The highest BCUT2D eigenvalue weighted by Crippen LogP contribution is 2.28. The molecule has 0 radical (unpaired) electrons. The summed E-state index contributed by atoms with van der Waals surface area (Å²) in [5, 5.41) is 42.3. The third-order valence-electron chi connectivity index (χ3n) is 5.59. The van der Waals surface area contributed by atoms with Crippen LogP contribution in [0.3, 0.4) is 0 Å². The van der Waals surface area contributed by atoms with Crippen molar-refractivity contribution < 1.29 is 39.2 Å². The Morgan fingerprint density at radius 3 is 2.44 bits per heavy atom. The molecule has 0 bridgehead atoms. The molecule has 0 amide bonds. The third kappa shape index (κ3) is 5.44. The van der Waals surface area contributed by atoms with Crippen LogP contribution in [0.4, 0.5) is 0 Å². The predicted molar refractivity (Wildman–Crippen MR) is 112 cm³/mol. The highest BCUT2D eigenvalue weighted by molar-refractivity contribution is 6.30. The molecule has 6 atom stereocenters. The number of benzene rings is 1. The molecule has 1 fully saturated rings. The van der Waals surface area contributed by atoms with Crippen molar-refractivity contribution in [3.05, 3.63) is 64.9 Å². The lowest BCUT2D eigenvalue weighted by molar-refractivity contribution is -0.945. The standard InChI is InChI=1S/C22H27ClN2O7/c1-25(2,21-18(28)16(26)17(27)20(32-21)22(29)30)11-12-31-19(15-5-3-4-10-24-15)13-6-8-14(23)9-7-13/h3-10,16-21,26-28H,11-12H2,1-2H3/t16?,17-,18?,19?,20-,21+/m0/s1. The molecule has 1 aliphatic rings. The Bertz CT molecular complexity index is 897. The smallest absolute Gasteiger partial charge is 0.222 e. The normalized spacial score (nSPS) is 27.1. The fraction of sp³-hybridized carbons (Fsp3) is 0.455. The van der Waals surface area contributed by atoms with Gasteiger partial charge in [-0.25, -0.2) is 0 Å². The number of nitrogens with zero attached hydrogens (tertiary/aromatic N) is 2. The van der Waals surface area contributed by atoms with Crippen LogP contribution in [-0.4, -0.2) is 88.6 Å². The van der Waals surface area contributed by atoms with Gasteiger partial charge >= 0.3 is 0 Å². The molecule has 3 rings (SSSR count). The molecule has 2 heterocycles. The Labute approximate surface area is 191 Å². The maximum atomic E-state index is 11.3. The molecule has 2 aromatic rings. The summed E-state index contributed by atoms with van der Waals surface area (Å²) in [6.07, 6.45) is -6.67. The second kappa shape index (κ2) is 10.2. The van der Waals surface area contributed by atoms with Crippen molar-refractivity contribution in [3.63, 3.8) is 0 Å². The lowest BCUT2D eigenvalue weighted by Crippen LogP contribution is -2.69. The van der Waals surface area contributed by atoms with Gasteiger partial charge in [-0.1, -0.05) is 29.8 Å². The molecule has 32 heavy (non-hydrogen) atoms. The second-order valence-corrected chi connectivity index (χ2v) is 8.73. The van der Waals surface area contributed by atoms with Crippen LogP contribution in [0.2, 0.25) is 5.02 Å². The van der Waals surface area contributed by atoms with E-state index < -0.39 is 42.7 Å². The summed E-state index contributed by atoms with van der Waals surface area (Å²) >= 11 is 6.00. The molecule has 1 aromatic heterocycles. The predicted octanol–water partition coefficient (Wildman–Crippen LogP) is -0.525. The van der Waals surface area contributed by atoms with Gasteiger partial charge in [0.05, 0.1) is 32.4 Å². The third-order valence-corrected chi connectivity index (χ3v) is 5.84. The first-order chi connectivity index (χ1) is 15.1. The van der Waals surface area contributed by atoms with E-state index in [1.807, 2.05) is 24.3 Å². The van der Waals surface area contributed by atoms with E-state index in [1.54, 1.807) is 38.5 Å². The molecule has 9 nitrogen and oxygen atoms in total. The molecular weight excluding hydrogens is 440 g/mol. The van der Waals surface area contributed by atoms with Gasteiger partial charge in [0.1, 0.15) is 31.0 Å². The molecule has 10 heteroatoms. The number of hydrogen-bond donors (Lipinski definition) is 3. The number of carboxylic acids is 1. The van der Waals surface area contributed by atoms with Crippen LogP contribution in [-0.2, 0) is 14.3 Å². The number of likely N-dealkylation sites (N-methyl/N-ethyl adjacent to an activating group) is 1. The molecule has 3 N–H and O–H groups in total. The number of halogens is 1. The summed E-state index contributed by atoms with van der Waals surface area (Å²) in [5.41, 5.74) is 1.55. The molecule has 0 saturated carbocycles. The maximum absolute atomic E-state index is 11.3. The summed E-state index contributed by atoms with van der Waals surface area (Å²) in [4.78, 5) is 15.7. The Morgan fingerprint density at radius 1 is 1.16 bits per heavy atom. The van der Waals surface area contributed by atoms with Gasteiger partial charge in [0.15, 0.2) is 6.10 Å². The number of pyridine rings is 1. The van der Waals surface area contributed by atoms with E-state index in [9.17, 15) is 25.2 Å². The number of carbonyl (C=O) groups is 1. The van der Waals surface area contributed by atoms with Crippen molar-refractivity contribution in [2.24, 2.45) is 0 Å². The van der Waals surface area contributed by atoms with Crippen LogP contribution in [0, 0.1) is 0 Å². The number of hydrogen-bond acceptors (Lipinski definition) is 8. The number of rotatable bonds is 8. The van der Waals surface area contributed by atoms with Crippen molar-refractivity contribution in [1.29, 1.82) is 0 Å². The van der Waals surface area contributed by atoms with Gasteiger partial charge in [0, 0.05) is 11.2 Å². The molecule has 0 aliphatic carbocycles. The minimum Gasteiger partial charge on any atom is -0.547 e. The lowest BCUT2D eigenvalue weighted by atomic mass is 9.97. The Morgan fingerprint density at radius 2 is 1.84 bits per heavy atom. The minimum atomic E-state index is -1.79. The van der Waals surface area contributed by atoms with Crippen molar-refractivity contribution in [2.75, 3.05) is 27.2 Å². The van der Waals surface area contributed by atoms with E-state index in [1.165, 1.54) is 0 Å². The quantitative estimate of drug-likeness (QED) is 0.442. The monoisotopic (exact) mass is 466 g/mol. The number of quaternary nitrogens is 1. The van der Waals surface area contributed by atoms with E-state index >= 15 is 0 Å². The lowest BCUT2D eigenvalue weighted by Gasteiger charge is -2.47. The molecule has 3 unspecified atom stereocenters. The van der Waals surface area contributed by atoms with Gasteiger partial charge in [-0.2, -0.15) is 0 Å². The van der Waals surface area contributed by atoms with Gasteiger partial charge in [0.2, 0.25) is 6.23 Å². The zero-order valence-corrected chi connectivity index (χ0v) is 18.5. The number of aliphatic hydroxyl groups is 3. The summed E-state index contributed by atoms with van der Waals surface area (Å²) < 4.78 is 11.5. The van der Waals surface area contributed by atoms with E-state index in [2.05, 4.69) is 4.98 Å². The SMILES string of the molecule is C[N+](C)(CCOC(c1ccc(Cl)cc1)c1ccccn1)[C@@H]1O[C@H](C(=O)[O-])[C@@H](O)C(O)C1O. The topological polar surface area (TPSA) is 132 Å². The van der Waals surface area contributed by atoms with E-state index in [-0.39, 0.29) is 11.1 Å². The molecule has 1 saturated heterocycles. The number of aliphatic hydroxyl groups excluding tert-OH is 3. The summed E-state index contributed by atoms with van der Waals surface area (Å²) in [6.45, 7) is 0.485. The van der Waals surface area contributed by atoms with Gasteiger partial charge in [-0.15, -0.1) is 0 Å². The fourth-order valence-corrected chi connectivity index (χ4v) is 3.81. The maximum Gasteiger partial charge on any atom is 0.222 e. The molecule has 174 valence electrons. The van der Waals surface area contributed by atoms with Crippen molar-refractivity contribution in [1.82, 2.24) is 4.98 Å². The Kier molecular flexibility index (Phi) is 7.84. The largest absolute Gasteiger partial charge is 0.547 e. The number of carbonyl (C=O) groups excluding carboxylic acids is 1. The van der Waals surface area contributed by atoms with Crippen LogP contribution in [0.5, 0.6) is 0 Å². The van der Waals surface area contributed by atoms with Crippen LogP contribution in [0.1, 0.15) is 17.4 Å². The zero-order valence-electron chi connectivity index (χ0n) is 17.7. The zero-order chi connectivity index (χ0) is 23.5. The molecule has 1 aromatic carbocycles. The van der Waals surface area contributed by atoms with Crippen molar-refractivity contribution >= 4 is 17.6 Å². The number of aromatic nitrogens is 1. The molecule has 1 aliphatic heterocycles. The second-order valence-electron chi connectivity index (χ2n) is 8.30. The summed E-state index contributed by atoms with van der Waals surface area (Å²) in [7, 11) is 3.40. The van der Waals surface area contributed by atoms with Crippen LogP contribution >= 0.6 is 11.6 Å². The van der Waals surface area contributed by atoms with E-state index in [0.29, 0.717) is 17.3 Å². The van der Waals surface area contributed by atoms with Crippen LogP contribution in [0.25, 0.3) is 0 Å². The summed E-state index contributed by atoms with van der Waals surface area (Å²) in [5.74, 6) is -1.66. The van der Waals surface area contributed by atoms with Gasteiger partial charge in [-0.3, -0.25) is 9.47 Å². The average Bonchev–Trinajstić information content (AvgIpc) is 2.76. The van der Waals surface area contributed by atoms with Crippen molar-refractivity contribution in [3.8, 4) is 0 Å². The van der Waals surface area contributed by atoms with Crippen molar-refractivity contribution in [2.45, 2.75) is 36.7 Å². The Balaban J connectivity index is 1.73. The highest BCUT2D eigenvalue weighted by atomic mass is 35.5. The van der Waals surface area contributed by atoms with E-state index in [4.69, 9.17) is 21.1 Å². The highest BCUT2D eigenvalue weighted by Gasteiger charge is 2.50.